The largest absolute Gasteiger partial charge is 0.379 e. The summed E-state index contributed by atoms with van der Waals surface area (Å²) in [6.45, 7) is 9.48. The Balaban J connectivity index is 3.34. The number of ketones is 2. The van der Waals surface area contributed by atoms with Gasteiger partial charge < -0.3 is 48.5 Å². The van der Waals surface area contributed by atoms with Crippen molar-refractivity contribution >= 4 is 23.4 Å². The van der Waals surface area contributed by atoms with Gasteiger partial charge in [0.25, 0.3) is 0 Å². The van der Waals surface area contributed by atoms with Gasteiger partial charge in [-0.3, -0.25) is 19.2 Å². The summed E-state index contributed by atoms with van der Waals surface area (Å²) in [5.41, 5.74) is 0. The van der Waals surface area contributed by atoms with Gasteiger partial charge in [-0.2, -0.15) is 0 Å². The van der Waals surface area contributed by atoms with E-state index in [0.29, 0.717) is 105 Å². The van der Waals surface area contributed by atoms with Crippen LogP contribution in [0.4, 0.5) is 0 Å². The van der Waals surface area contributed by atoms with E-state index in [9.17, 15) is 19.2 Å². The summed E-state index contributed by atoms with van der Waals surface area (Å²) in [5.74, 6) is -0.403. The molecule has 14 nitrogen and oxygen atoms in total. The van der Waals surface area contributed by atoms with E-state index in [1.165, 1.54) is 0 Å². The van der Waals surface area contributed by atoms with Crippen LogP contribution >= 0.6 is 0 Å². The lowest BCUT2D eigenvalue weighted by molar-refractivity contribution is -0.127. The first-order valence-electron chi connectivity index (χ1n) is 15.2. The Morgan fingerprint density at radius 1 is 0.442 bits per heavy atom. The van der Waals surface area contributed by atoms with Gasteiger partial charge in [-0.05, 0) is 26.2 Å². The van der Waals surface area contributed by atoms with Gasteiger partial charge in [0.1, 0.15) is 26.4 Å². The molecule has 252 valence electrons. The van der Waals surface area contributed by atoms with Gasteiger partial charge in [0.15, 0.2) is 11.6 Å². The summed E-state index contributed by atoms with van der Waals surface area (Å²) in [7, 11) is 0. The Hall–Kier alpha value is -2.04. The van der Waals surface area contributed by atoms with Crippen molar-refractivity contribution in [3.8, 4) is 0 Å². The lowest BCUT2D eigenvalue weighted by Crippen LogP contribution is -2.31. The monoisotopic (exact) mass is 622 g/mol. The molecular formula is C29H54N2O12. The van der Waals surface area contributed by atoms with Gasteiger partial charge in [0, 0.05) is 45.8 Å². The zero-order valence-corrected chi connectivity index (χ0v) is 26.2. The van der Waals surface area contributed by atoms with E-state index < -0.39 is 0 Å². The Labute approximate surface area is 256 Å². The molecule has 2 N–H and O–H groups in total. The van der Waals surface area contributed by atoms with Gasteiger partial charge in [-0.1, -0.05) is 6.92 Å². The highest BCUT2D eigenvalue weighted by molar-refractivity contribution is 5.80. The molecule has 0 radical (unpaired) electrons. The summed E-state index contributed by atoms with van der Waals surface area (Å²) in [4.78, 5) is 46.5. The number of hydrogen-bond acceptors (Lipinski definition) is 12. The number of likely N-dealkylation sites (N-methyl/N-ethyl adjacent to an activating group) is 1. The smallest absolute Gasteiger partial charge is 0.246 e. The summed E-state index contributed by atoms with van der Waals surface area (Å²) in [6, 6.07) is 0. The highest BCUT2D eigenvalue weighted by Crippen LogP contribution is 1.95. The lowest BCUT2D eigenvalue weighted by Gasteiger charge is -2.08. The van der Waals surface area contributed by atoms with E-state index in [2.05, 4.69) is 10.6 Å². The van der Waals surface area contributed by atoms with E-state index in [4.69, 9.17) is 37.9 Å². The minimum absolute atomic E-state index is 0.0123. The van der Waals surface area contributed by atoms with Crippen LogP contribution < -0.4 is 10.6 Å². The summed E-state index contributed by atoms with van der Waals surface area (Å²) >= 11 is 0. The summed E-state index contributed by atoms with van der Waals surface area (Å²) in [6.07, 6.45) is 2.89. The molecule has 0 aliphatic heterocycles. The maximum absolute atomic E-state index is 11.8. The van der Waals surface area contributed by atoms with E-state index in [1.54, 1.807) is 0 Å². The lowest BCUT2D eigenvalue weighted by atomic mass is 10.2. The third-order valence-electron chi connectivity index (χ3n) is 5.26. The summed E-state index contributed by atoms with van der Waals surface area (Å²) in [5, 5.41) is 5.32. The van der Waals surface area contributed by atoms with Crippen molar-refractivity contribution in [3.05, 3.63) is 0 Å². The average molecular weight is 623 g/mol. The van der Waals surface area contributed by atoms with E-state index in [0.717, 1.165) is 6.42 Å². The zero-order chi connectivity index (χ0) is 31.6. The number of rotatable bonds is 34. The third kappa shape index (κ3) is 32.7. The first-order chi connectivity index (χ1) is 21.0. The number of carbonyl (C=O) groups is 4. The van der Waals surface area contributed by atoms with Crippen LogP contribution in [-0.2, 0) is 57.1 Å². The zero-order valence-electron chi connectivity index (χ0n) is 26.2. The van der Waals surface area contributed by atoms with Crippen LogP contribution in [0.25, 0.3) is 0 Å². The standard InChI is InChI=1S/C29H54N2O12/c1-3-10-36-14-18-40-22-26(32)7-5-12-38-16-21-43-25-29(35)31-9-13-39-17-19-41-23-27(33)8-6-11-37-15-20-42-24-28(34)30-4-2/h3-25H2,1-2H3,(H,30,34)(H,31,35). The maximum Gasteiger partial charge on any atom is 0.246 e. The second-order valence-corrected chi connectivity index (χ2v) is 9.25. The molecule has 0 aromatic rings. The molecule has 0 bridgehead atoms. The molecule has 0 atom stereocenters. The first-order valence-corrected chi connectivity index (χ1v) is 15.2. The molecule has 0 saturated carbocycles. The number of hydrogen-bond donors (Lipinski definition) is 2. The van der Waals surface area contributed by atoms with Gasteiger partial charge in [0.2, 0.25) is 11.8 Å². The topological polar surface area (TPSA) is 166 Å². The fourth-order valence-corrected chi connectivity index (χ4v) is 3.17. The molecule has 2 amide bonds. The molecule has 0 rings (SSSR count). The number of ether oxygens (including phenoxy) is 8. The normalized spacial score (nSPS) is 11.0. The molecule has 0 unspecified atom stereocenters. The van der Waals surface area contributed by atoms with E-state index >= 15 is 0 Å². The van der Waals surface area contributed by atoms with Crippen LogP contribution in [-0.4, -0.2) is 142 Å². The summed E-state index contributed by atoms with van der Waals surface area (Å²) < 4.78 is 42.4. The second-order valence-electron chi connectivity index (χ2n) is 9.25. The maximum atomic E-state index is 11.8. The average Bonchev–Trinajstić information content (AvgIpc) is 2.99. The predicted molar refractivity (Wildman–Crippen MR) is 157 cm³/mol. The van der Waals surface area contributed by atoms with Gasteiger partial charge in [-0.25, -0.2) is 0 Å². The SMILES string of the molecule is CCCOCCOCC(=O)CCCOCCOCC(=O)NCCOCCOCC(=O)CCCOCCOCC(=O)NCC. The van der Waals surface area contributed by atoms with Gasteiger partial charge in [-0.15, -0.1) is 0 Å². The van der Waals surface area contributed by atoms with Crippen LogP contribution in [0.5, 0.6) is 0 Å². The van der Waals surface area contributed by atoms with Crippen molar-refractivity contribution in [2.75, 3.05) is 119 Å². The number of Topliss-reactive ketones (excluding diaryl/α,β-unsaturated/α-hetero) is 2. The van der Waals surface area contributed by atoms with E-state index in [-0.39, 0.29) is 63.0 Å². The molecule has 0 spiro atoms. The molecule has 14 heteroatoms. The van der Waals surface area contributed by atoms with Crippen molar-refractivity contribution in [1.82, 2.24) is 10.6 Å². The first kappa shape index (κ1) is 41.0. The van der Waals surface area contributed by atoms with Crippen molar-refractivity contribution < 1.29 is 57.1 Å². The Morgan fingerprint density at radius 3 is 1.30 bits per heavy atom. The number of nitrogens with one attached hydrogen (secondary N) is 2. The molecule has 0 saturated heterocycles. The fraction of sp³-hybridized carbons (Fsp3) is 0.862. The fourth-order valence-electron chi connectivity index (χ4n) is 3.17. The molecular weight excluding hydrogens is 568 g/mol. The third-order valence-corrected chi connectivity index (χ3v) is 5.26. The Morgan fingerprint density at radius 2 is 0.837 bits per heavy atom. The second kappa shape index (κ2) is 32.9. The number of carbonyl (C=O) groups excluding carboxylic acids is 4. The Bertz CT molecular complexity index is 696. The molecule has 0 aliphatic rings. The van der Waals surface area contributed by atoms with Crippen LogP contribution in [0.15, 0.2) is 0 Å². The molecule has 0 fully saturated rings. The van der Waals surface area contributed by atoms with Crippen molar-refractivity contribution in [2.24, 2.45) is 0 Å². The van der Waals surface area contributed by atoms with Gasteiger partial charge in [0.05, 0.1) is 59.5 Å². The van der Waals surface area contributed by atoms with E-state index in [1.807, 2.05) is 13.8 Å². The van der Waals surface area contributed by atoms with Gasteiger partial charge >= 0.3 is 0 Å². The minimum Gasteiger partial charge on any atom is -0.379 e. The molecule has 0 heterocycles. The van der Waals surface area contributed by atoms with Crippen molar-refractivity contribution in [3.63, 3.8) is 0 Å². The molecule has 0 aliphatic carbocycles. The quantitative estimate of drug-likeness (QED) is 0.0955. The van der Waals surface area contributed by atoms with Crippen LogP contribution in [0.3, 0.4) is 0 Å². The van der Waals surface area contributed by atoms with Crippen LogP contribution in [0.2, 0.25) is 0 Å². The van der Waals surface area contributed by atoms with Crippen LogP contribution in [0.1, 0.15) is 46.0 Å². The minimum atomic E-state index is -0.257. The Kier molecular flexibility index (Phi) is 31.3. The molecule has 43 heavy (non-hydrogen) atoms. The van der Waals surface area contributed by atoms with Crippen molar-refractivity contribution in [2.45, 2.75) is 46.0 Å². The van der Waals surface area contributed by atoms with Crippen LogP contribution in [0, 0.1) is 0 Å². The highest BCUT2D eigenvalue weighted by atomic mass is 16.5. The predicted octanol–water partition coefficient (Wildman–Crippen LogP) is 0.480. The number of amides is 2. The highest BCUT2D eigenvalue weighted by Gasteiger charge is 2.05. The molecule has 0 aromatic carbocycles. The van der Waals surface area contributed by atoms with Crippen molar-refractivity contribution in [1.29, 1.82) is 0 Å². The molecule has 0 aromatic heterocycles.